The Bertz CT molecular complexity index is 425. The maximum atomic E-state index is 12.0. The van der Waals surface area contributed by atoms with Crippen molar-refractivity contribution >= 4 is 12.1 Å². The third-order valence-electron chi connectivity index (χ3n) is 4.33. The minimum absolute atomic E-state index is 0.257. The molecule has 0 saturated carbocycles. The van der Waals surface area contributed by atoms with E-state index in [1.165, 1.54) is 0 Å². The van der Waals surface area contributed by atoms with Gasteiger partial charge in [-0.15, -0.1) is 0 Å². The summed E-state index contributed by atoms with van der Waals surface area (Å²) in [6, 6.07) is 0.554. The quantitative estimate of drug-likeness (QED) is 0.607. The van der Waals surface area contributed by atoms with Crippen molar-refractivity contribution in [2.45, 2.75) is 52.7 Å². The second kappa shape index (κ2) is 9.11. The second-order valence-electron chi connectivity index (χ2n) is 7.43. The van der Waals surface area contributed by atoms with E-state index < -0.39 is 5.60 Å². The first-order valence-electron chi connectivity index (χ1n) is 8.87. The normalized spacial score (nSPS) is 18.0. The summed E-state index contributed by atoms with van der Waals surface area (Å²) in [6.07, 6.45) is 0.871. The van der Waals surface area contributed by atoms with Crippen molar-refractivity contribution in [2.24, 2.45) is 10.7 Å². The van der Waals surface area contributed by atoms with E-state index in [1.54, 1.807) is 4.90 Å². The molecule has 1 atom stereocenters. The van der Waals surface area contributed by atoms with Gasteiger partial charge in [-0.05, 0) is 41.2 Å². The van der Waals surface area contributed by atoms with Crippen LogP contribution in [0.5, 0.6) is 0 Å². The monoisotopic (exact) mass is 341 g/mol. The predicted octanol–water partition coefficient (Wildman–Crippen LogP) is 1.58. The van der Waals surface area contributed by atoms with Gasteiger partial charge in [0.2, 0.25) is 0 Å². The molecule has 24 heavy (non-hydrogen) atoms. The Balaban J connectivity index is 2.38. The van der Waals surface area contributed by atoms with Crippen molar-refractivity contribution in [2.75, 3.05) is 46.3 Å². The van der Waals surface area contributed by atoms with Gasteiger partial charge in [-0.25, -0.2) is 4.79 Å². The molecule has 1 heterocycles. The van der Waals surface area contributed by atoms with Gasteiger partial charge in [0.05, 0.1) is 6.54 Å². The zero-order chi connectivity index (χ0) is 18.3. The Kier molecular flexibility index (Phi) is 7.79. The number of carbonyl (C=O) groups excluding carboxylic acids is 1. The molecule has 1 aliphatic rings. The lowest BCUT2D eigenvalue weighted by atomic mass is 10.2. The molecule has 1 amide bonds. The lowest BCUT2D eigenvalue weighted by molar-refractivity contribution is 0.0186. The van der Waals surface area contributed by atoms with E-state index in [2.05, 4.69) is 30.8 Å². The van der Waals surface area contributed by atoms with Crippen LogP contribution in [0.15, 0.2) is 4.99 Å². The molecule has 0 aromatic carbocycles. The molecular formula is C17H35N5O2. The Morgan fingerprint density at radius 2 is 1.79 bits per heavy atom. The average molecular weight is 342 g/mol. The number of guanidine groups is 1. The third kappa shape index (κ3) is 6.95. The molecule has 1 fully saturated rings. The number of hydrogen-bond acceptors (Lipinski definition) is 4. The SMILES string of the molecule is CCC(C)N(C)CCN=C(N)N1CCN(C(=O)OC(C)(C)C)CC1. The van der Waals surface area contributed by atoms with E-state index in [0.717, 1.165) is 13.0 Å². The Morgan fingerprint density at radius 1 is 1.25 bits per heavy atom. The summed E-state index contributed by atoms with van der Waals surface area (Å²) in [5, 5.41) is 0. The fraction of sp³-hybridized carbons (Fsp3) is 0.882. The molecular weight excluding hydrogens is 306 g/mol. The van der Waals surface area contributed by atoms with Gasteiger partial charge in [0.15, 0.2) is 5.96 Å². The number of hydrogen-bond donors (Lipinski definition) is 1. The van der Waals surface area contributed by atoms with Crippen molar-refractivity contribution in [1.29, 1.82) is 0 Å². The van der Waals surface area contributed by atoms with E-state index in [9.17, 15) is 4.79 Å². The van der Waals surface area contributed by atoms with Gasteiger partial charge in [-0.2, -0.15) is 0 Å². The zero-order valence-corrected chi connectivity index (χ0v) is 16.2. The number of amides is 1. The van der Waals surface area contributed by atoms with Crippen LogP contribution in [-0.4, -0.2) is 84.7 Å². The minimum Gasteiger partial charge on any atom is -0.444 e. The highest BCUT2D eigenvalue weighted by Crippen LogP contribution is 2.11. The molecule has 0 aliphatic carbocycles. The lowest BCUT2D eigenvalue weighted by Crippen LogP contribution is -2.53. The van der Waals surface area contributed by atoms with Crippen LogP contribution in [0.3, 0.4) is 0 Å². The summed E-state index contributed by atoms with van der Waals surface area (Å²) < 4.78 is 5.40. The highest BCUT2D eigenvalue weighted by Gasteiger charge is 2.26. The van der Waals surface area contributed by atoms with Gasteiger partial charge in [-0.3, -0.25) is 4.99 Å². The zero-order valence-electron chi connectivity index (χ0n) is 16.2. The first-order chi connectivity index (χ1) is 11.1. The van der Waals surface area contributed by atoms with Gasteiger partial charge < -0.3 is 25.2 Å². The first kappa shape index (κ1) is 20.5. The minimum atomic E-state index is -0.462. The van der Waals surface area contributed by atoms with Crippen LogP contribution < -0.4 is 5.73 Å². The molecule has 0 radical (unpaired) electrons. The van der Waals surface area contributed by atoms with Crippen molar-refractivity contribution in [3.8, 4) is 0 Å². The molecule has 1 aliphatic heterocycles. The molecule has 0 spiro atoms. The highest BCUT2D eigenvalue weighted by molar-refractivity contribution is 5.78. The van der Waals surface area contributed by atoms with Crippen LogP contribution in [0.1, 0.15) is 41.0 Å². The number of aliphatic imine (C=N–C) groups is 1. The second-order valence-corrected chi connectivity index (χ2v) is 7.43. The molecule has 1 rings (SSSR count). The Labute approximate surface area is 146 Å². The molecule has 0 aromatic heterocycles. The van der Waals surface area contributed by atoms with E-state index in [-0.39, 0.29) is 6.09 Å². The summed E-state index contributed by atoms with van der Waals surface area (Å²) in [5.74, 6) is 0.566. The fourth-order valence-electron chi connectivity index (χ4n) is 2.40. The highest BCUT2D eigenvalue weighted by atomic mass is 16.6. The molecule has 7 heteroatoms. The molecule has 140 valence electrons. The molecule has 2 N–H and O–H groups in total. The largest absolute Gasteiger partial charge is 0.444 e. The number of rotatable bonds is 5. The maximum Gasteiger partial charge on any atom is 0.410 e. The van der Waals surface area contributed by atoms with Gasteiger partial charge in [0.1, 0.15) is 5.60 Å². The first-order valence-corrected chi connectivity index (χ1v) is 8.87. The van der Waals surface area contributed by atoms with Crippen molar-refractivity contribution in [1.82, 2.24) is 14.7 Å². The van der Waals surface area contributed by atoms with Crippen molar-refractivity contribution < 1.29 is 9.53 Å². The van der Waals surface area contributed by atoms with Crippen LogP contribution in [0.25, 0.3) is 0 Å². The van der Waals surface area contributed by atoms with Crippen LogP contribution in [-0.2, 0) is 4.74 Å². The number of piperazine rings is 1. The Morgan fingerprint density at radius 3 is 2.29 bits per heavy atom. The standard InChI is InChI=1S/C17H35N5O2/c1-7-14(2)20(6)9-8-19-15(18)21-10-12-22(13-11-21)16(23)24-17(3,4)5/h14H,7-13H2,1-6H3,(H2,18,19). The van der Waals surface area contributed by atoms with Crippen molar-refractivity contribution in [3.05, 3.63) is 0 Å². The third-order valence-corrected chi connectivity index (χ3v) is 4.33. The summed E-state index contributed by atoms with van der Waals surface area (Å²) in [4.78, 5) is 22.6. The van der Waals surface area contributed by atoms with Gasteiger partial charge in [-0.1, -0.05) is 6.92 Å². The number of likely N-dealkylation sites (N-methyl/N-ethyl adjacent to an activating group) is 1. The summed E-state index contributed by atoms with van der Waals surface area (Å²) in [7, 11) is 2.11. The van der Waals surface area contributed by atoms with E-state index in [4.69, 9.17) is 10.5 Å². The summed E-state index contributed by atoms with van der Waals surface area (Å²) in [6.45, 7) is 14.2. The molecule has 1 saturated heterocycles. The molecule has 7 nitrogen and oxygen atoms in total. The van der Waals surface area contributed by atoms with E-state index in [1.807, 2.05) is 25.7 Å². The van der Waals surface area contributed by atoms with Crippen LogP contribution in [0.4, 0.5) is 4.79 Å². The van der Waals surface area contributed by atoms with Crippen molar-refractivity contribution in [3.63, 3.8) is 0 Å². The van der Waals surface area contributed by atoms with Crippen LogP contribution >= 0.6 is 0 Å². The number of nitrogens with two attached hydrogens (primary N) is 1. The number of ether oxygens (including phenoxy) is 1. The van der Waals surface area contributed by atoms with Crippen LogP contribution in [0, 0.1) is 0 Å². The average Bonchev–Trinajstić information content (AvgIpc) is 2.52. The summed E-state index contributed by atoms with van der Waals surface area (Å²) >= 11 is 0. The lowest BCUT2D eigenvalue weighted by Gasteiger charge is -2.36. The summed E-state index contributed by atoms with van der Waals surface area (Å²) in [5.41, 5.74) is 5.63. The van der Waals surface area contributed by atoms with Gasteiger partial charge in [0.25, 0.3) is 0 Å². The fourth-order valence-corrected chi connectivity index (χ4v) is 2.40. The molecule has 0 bridgehead atoms. The topological polar surface area (TPSA) is 74.4 Å². The van der Waals surface area contributed by atoms with Gasteiger partial charge in [0, 0.05) is 38.8 Å². The van der Waals surface area contributed by atoms with Gasteiger partial charge >= 0.3 is 6.09 Å². The smallest absolute Gasteiger partial charge is 0.410 e. The predicted molar refractivity (Wildman–Crippen MR) is 98.3 cm³/mol. The molecule has 1 unspecified atom stereocenters. The molecule has 0 aromatic rings. The van der Waals surface area contributed by atoms with Crippen LogP contribution in [0.2, 0.25) is 0 Å². The van der Waals surface area contributed by atoms with E-state index in [0.29, 0.717) is 44.7 Å². The number of nitrogens with zero attached hydrogens (tertiary/aromatic N) is 4. The Hall–Kier alpha value is -1.50. The number of carbonyl (C=O) groups is 1. The maximum absolute atomic E-state index is 12.0. The van der Waals surface area contributed by atoms with E-state index >= 15 is 0 Å².